The van der Waals surface area contributed by atoms with Crippen molar-refractivity contribution in [3.63, 3.8) is 0 Å². The van der Waals surface area contributed by atoms with Gasteiger partial charge in [0.05, 0.1) is 11.5 Å². The predicted molar refractivity (Wildman–Crippen MR) is 81.2 cm³/mol. The van der Waals surface area contributed by atoms with Gasteiger partial charge in [0.1, 0.15) is 0 Å². The molecular formula is C15H21N3O3. The fourth-order valence-corrected chi connectivity index (χ4v) is 2.85. The lowest BCUT2D eigenvalue weighted by atomic mass is 9.97. The highest BCUT2D eigenvalue weighted by Crippen LogP contribution is 2.22. The molecule has 1 aliphatic rings. The van der Waals surface area contributed by atoms with E-state index in [4.69, 9.17) is 0 Å². The van der Waals surface area contributed by atoms with Crippen molar-refractivity contribution in [2.75, 3.05) is 11.9 Å². The minimum Gasteiger partial charge on any atom is -0.325 e. The van der Waals surface area contributed by atoms with Crippen LogP contribution in [0.1, 0.15) is 33.1 Å². The van der Waals surface area contributed by atoms with Crippen molar-refractivity contribution in [1.82, 2.24) is 4.90 Å². The molecule has 2 atom stereocenters. The number of nitro groups is 1. The minimum absolute atomic E-state index is 0.0208. The van der Waals surface area contributed by atoms with Crippen molar-refractivity contribution in [3.05, 3.63) is 34.4 Å². The van der Waals surface area contributed by atoms with Crippen LogP contribution in [0.25, 0.3) is 0 Å². The fraction of sp³-hybridized carbons (Fsp3) is 0.533. The van der Waals surface area contributed by atoms with Gasteiger partial charge in [0.2, 0.25) is 5.91 Å². The number of hydrogen-bond acceptors (Lipinski definition) is 4. The number of carbonyl (C=O) groups is 1. The molecule has 2 rings (SSSR count). The number of piperidine rings is 1. The zero-order valence-corrected chi connectivity index (χ0v) is 12.4. The lowest BCUT2D eigenvalue weighted by molar-refractivity contribution is -0.384. The number of nitrogens with zero attached hydrogens (tertiary/aromatic N) is 2. The van der Waals surface area contributed by atoms with Crippen LogP contribution in [0.5, 0.6) is 0 Å². The van der Waals surface area contributed by atoms with Gasteiger partial charge >= 0.3 is 0 Å². The number of amides is 1. The smallest absolute Gasteiger partial charge is 0.271 e. The van der Waals surface area contributed by atoms with Crippen molar-refractivity contribution in [3.8, 4) is 0 Å². The van der Waals surface area contributed by atoms with Crippen molar-refractivity contribution >= 4 is 17.3 Å². The normalized spacial score (nSPS) is 22.8. The molecule has 1 amide bonds. The van der Waals surface area contributed by atoms with Crippen molar-refractivity contribution in [2.24, 2.45) is 0 Å². The quantitative estimate of drug-likeness (QED) is 0.683. The van der Waals surface area contributed by atoms with E-state index >= 15 is 0 Å². The Hall–Kier alpha value is -1.95. The molecule has 1 fully saturated rings. The SMILES string of the molecule is CC1CCCC(C)N1CC(=O)Nc1cccc([N+](=O)[O-])c1. The molecule has 0 spiro atoms. The summed E-state index contributed by atoms with van der Waals surface area (Å²) in [6.07, 6.45) is 3.41. The molecule has 114 valence electrons. The Morgan fingerprint density at radius 1 is 1.38 bits per heavy atom. The third-order valence-corrected chi connectivity index (χ3v) is 4.04. The van der Waals surface area contributed by atoms with Gasteiger partial charge in [0.15, 0.2) is 0 Å². The third kappa shape index (κ3) is 4.01. The Bertz CT molecular complexity index is 523. The average molecular weight is 291 g/mol. The molecule has 0 aromatic heterocycles. The number of benzene rings is 1. The van der Waals surface area contributed by atoms with E-state index < -0.39 is 4.92 Å². The zero-order chi connectivity index (χ0) is 15.4. The molecule has 2 unspecified atom stereocenters. The lowest BCUT2D eigenvalue weighted by Gasteiger charge is -2.38. The van der Waals surface area contributed by atoms with Crippen molar-refractivity contribution in [2.45, 2.75) is 45.2 Å². The average Bonchev–Trinajstić information content (AvgIpc) is 2.43. The van der Waals surface area contributed by atoms with Crippen LogP contribution in [0.15, 0.2) is 24.3 Å². The second kappa shape index (κ2) is 6.67. The van der Waals surface area contributed by atoms with E-state index in [1.165, 1.54) is 18.6 Å². The monoisotopic (exact) mass is 291 g/mol. The summed E-state index contributed by atoms with van der Waals surface area (Å²) in [6, 6.07) is 6.80. The second-order valence-electron chi connectivity index (χ2n) is 5.66. The molecule has 1 saturated heterocycles. The summed E-state index contributed by atoms with van der Waals surface area (Å²) >= 11 is 0. The van der Waals surface area contributed by atoms with Gasteiger partial charge in [0, 0.05) is 29.9 Å². The van der Waals surface area contributed by atoms with Crippen LogP contribution in [0.4, 0.5) is 11.4 Å². The van der Waals surface area contributed by atoms with Gasteiger partial charge in [-0.15, -0.1) is 0 Å². The summed E-state index contributed by atoms with van der Waals surface area (Å²) in [6.45, 7) is 4.59. The van der Waals surface area contributed by atoms with Gasteiger partial charge in [-0.05, 0) is 32.8 Å². The molecule has 1 N–H and O–H groups in total. The first-order valence-corrected chi connectivity index (χ1v) is 7.27. The van der Waals surface area contributed by atoms with Gasteiger partial charge in [0.25, 0.3) is 5.69 Å². The van der Waals surface area contributed by atoms with Crippen LogP contribution < -0.4 is 5.32 Å². The molecule has 0 bridgehead atoms. The number of anilines is 1. The minimum atomic E-state index is -0.468. The predicted octanol–water partition coefficient (Wildman–Crippen LogP) is 2.80. The number of nitro benzene ring substituents is 1. The molecule has 0 saturated carbocycles. The highest BCUT2D eigenvalue weighted by molar-refractivity contribution is 5.92. The maximum absolute atomic E-state index is 12.1. The Morgan fingerprint density at radius 2 is 2.05 bits per heavy atom. The number of nitrogens with one attached hydrogen (secondary N) is 1. The second-order valence-corrected chi connectivity index (χ2v) is 5.66. The molecule has 1 heterocycles. The van der Waals surface area contributed by atoms with E-state index in [9.17, 15) is 14.9 Å². The first kappa shape index (κ1) is 15.4. The van der Waals surface area contributed by atoms with Gasteiger partial charge in [-0.2, -0.15) is 0 Å². The topological polar surface area (TPSA) is 75.5 Å². The van der Waals surface area contributed by atoms with Gasteiger partial charge in [-0.3, -0.25) is 19.8 Å². The molecule has 21 heavy (non-hydrogen) atoms. The maximum atomic E-state index is 12.1. The summed E-state index contributed by atoms with van der Waals surface area (Å²) in [5, 5.41) is 13.5. The Labute approximate surface area is 124 Å². The number of hydrogen-bond donors (Lipinski definition) is 1. The van der Waals surface area contributed by atoms with Crippen LogP contribution in [0, 0.1) is 10.1 Å². The summed E-state index contributed by atoms with van der Waals surface area (Å²) in [4.78, 5) is 24.6. The lowest BCUT2D eigenvalue weighted by Crippen LogP contribution is -2.47. The number of non-ortho nitro benzene ring substituents is 1. The van der Waals surface area contributed by atoms with Crippen LogP contribution in [-0.2, 0) is 4.79 Å². The van der Waals surface area contributed by atoms with Crippen LogP contribution >= 0.6 is 0 Å². The molecular weight excluding hydrogens is 270 g/mol. The highest BCUT2D eigenvalue weighted by atomic mass is 16.6. The standard InChI is InChI=1S/C15H21N3O3/c1-11-5-3-6-12(2)17(11)10-15(19)16-13-7-4-8-14(9-13)18(20)21/h4,7-9,11-12H,3,5-6,10H2,1-2H3,(H,16,19). The highest BCUT2D eigenvalue weighted by Gasteiger charge is 2.26. The van der Waals surface area contributed by atoms with Gasteiger partial charge in [-0.25, -0.2) is 0 Å². The van der Waals surface area contributed by atoms with Crippen LogP contribution in [0.3, 0.4) is 0 Å². The number of carbonyl (C=O) groups excluding carboxylic acids is 1. The molecule has 1 aliphatic heterocycles. The number of rotatable bonds is 4. The van der Waals surface area contributed by atoms with E-state index in [0.29, 0.717) is 24.3 Å². The van der Waals surface area contributed by atoms with Gasteiger partial charge < -0.3 is 5.32 Å². The number of likely N-dealkylation sites (tertiary alicyclic amines) is 1. The molecule has 1 aromatic carbocycles. The Morgan fingerprint density at radius 3 is 2.67 bits per heavy atom. The first-order chi connectivity index (χ1) is 9.97. The molecule has 6 heteroatoms. The van der Waals surface area contributed by atoms with E-state index in [-0.39, 0.29) is 11.6 Å². The van der Waals surface area contributed by atoms with Crippen LogP contribution in [-0.4, -0.2) is 34.4 Å². The maximum Gasteiger partial charge on any atom is 0.271 e. The molecule has 1 aromatic rings. The van der Waals surface area contributed by atoms with Crippen molar-refractivity contribution < 1.29 is 9.72 Å². The first-order valence-electron chi connectivity index (χ1n) is 7.27. The fourth-order valence-electron chi connectivity index (χ4n) is 2.85. The van der Waals surface area contributed by atoms with E-state index in [1.807, 2.05) is 0 Å². The Balaban J connectivity index is 1.98. The zero-order valence-electron chi connectivity index (χ0n) is 12.4. The molecule has 0 radical (unpaired) electrons. The van der Waals surface area contributed by atoms with Crippen molar-refractivity contribution in [1.29, 1.82) is 0 Å². The van der Waals surface area contributed by atoms with E-state index in [1.54, 1.807) is 12.1 Å². The summed E-state index contributed by atoms with van der Waals surface area (Å²) in [5.74, 6) is -0.129. The summed E-state index contributed by atoms with van der Waals surface area (Å²) < 4.78 is 0. The van der Waals surface area contributed by atoms with Crippen LogP contribution in [0.2, 0.25) is 0 Å². The Kier molecular flexibility index (Phi) is 4.90. The van der Waals surface area contributed by atoms with E-state index in [0.717, 1.165) is 12.8 Å². The summed E-state index contributed by atoms with van der Waals surface area (Å²) in [7, 11) is 0. The summed E-state index contributed by atoms with van der Waals surface area (Å²) in [5.41, 5.74) is 0.444. The van der Waals surface area contributed by atoms with E-state index in [2.05, 4.69) is 24.1 Å². The third-order valence-electron chi connectivity index (χ3n) is 4.04. The molecule has 6 nitrogen and oxygen atoms in total. The molecule has 0 aliphatic carbocycles. The largest absolute Gasteiger partial charge is 0.325 e. The van der Waals surface area contributed by atoms with Gasteiger partial charge in [-0.1, -0.05) is 12.5 Å².